The fraction of sp³-hybridized carbons (Fsp3) is 0.455. The zero-order valence-electron chi connectivity index (χ0n) is 8.53. The monoisotopic (exact) mass is 194 g/mol. The highest BCUT2D eigenvalue weighted by Gasteiger charge is 2.00. The van der Waals surface area contributed by atoms with E-state index in [1.807, 2.05) is 25.2 Å². The quantitative estimate of drug-likeness (QED) is 0.612. The molecule has 0 aliphatic heterocycles. The van der Waals surface area contributed by atoms with Crippen LogP contribution < -0.4 is 10.6 Å². The van der Waals surface area contributed by atoms with Gasteiger partial charge in [-0.2, -0.15) is 0 Å². The molecule has 3 N–H and O–H groups in total. The Morgan fingerprint density at radius 3 is 2.57 bits per heavy atom. The van der Waals surface area contributed by atoms with Gasteiger partial charge in [0.25, 0.3) is 0 Å². The van der Waals surface area contributed by atoms with Crippen molar-refractivity contribution in [1.29, 1.82) is 0 Å². The molecule has 78 valence electrons. The molecule has 14 heavy (non-hydrogen) atoms. The van der Waals surface area contributed by atoms with E-state index in [9.17, 15) is 5.11 Å². The van der Waals surface area contributed by atoms with Crippen LogP contribution in [0.4, 0.5) is 0 Å². The minimum atomic E-state index is -0.316. The summed E-state index contributed by atoms with van der Waals surface area (Å²) in [6, 6.07) is 10.2. The lowest BCUT2D eigenvalue weighted by molar-refractivity contribution is 0.171. The highest BCUT2D eigenvalue weighted by molar-refractivity contribution is 5.14. The standard InChI is InChI=1S/C11H18N2O/c1-12-8-11(14)9-13-7-10-5-3-2-4-6-10/h2-6,11-14H,7-9H2,1H3. The highest BCUT2D eigenvalue weighted by Crippen LogP contribution is 1.96. The third kappa shape index (κ3) is 4.37. The molecule has 1 rings (SSSR count). The molecule has 0 aliphatic rings. The molecule has 1 unspecified atom stereocenters. The number of aliphatic hydroxyl groups excluding tert-OH is 1. The zero-order chi connectivity index (χ0) is 10.2. The molecule has 1 aromatic rings. The molecule has 0 saturated carbocycles. The smallest absolute Gasteiger partial charge is 0.0788 e. The number of nitrogens with one attached hydrogen (secondary N) is 2. The summed E-state index contributed by atoms with van der Waals surface area (Å²) >= 11 is 0. The van der Waals surface area contributed by atoms with Crippen molar-refractivity contribution >= 4 is 0 Å². The molecule has 3 nitrogen and oxygen atoms in total. The Morgan fingerprint density at radius 2 is 1.93 bits per heavy atom. The van der Waals surface area contributed by atoms with Crippen LogP contribution in [-0.4, -0.2) is 31.3 Å². The fourth-order valence-electron chi connectivity index (χ4n) is 1.29. The van der Waals surface area contributed by atoms with Gasteiger partial charge in [-0.1, -0.05) is 30.3 Å². The van der Waals surface area contributed by atoms with Gasteiger partial charge in [0, 0.05) is 19.6 Å². The molecular weight excluding hydrogens is 176 g/mol. The van der Waals surface area contributed by atoms with Gasteiger partial charge in [0.05, 0.1) is 6.10 Å². The van der Waals surface area contributed by atoms with Crippen molar-refractivity contribution in [3.63, 3.8) is 0 Å². The molecule has 0 radical (unpaired) electrons. The molecule has 0 heterocycles. The first-order valence-electron chi connectivity index (χ1n) is 4.90. The topological polar surface area (TPSA) is 44.3 Å². The van der Waals surface area contributed by atoms with Crippen molar-refractivity contribution < 1.29 is 5.11 Å². The Labute approximate surface area is 85.2 Å². The SMILES string of the molecule is CNCC(O)CNCc1ccccc1. The van der Waals surface area contributed by atoms with Crippen molar-refractivity contribution in [3.05, 3.63) is 35.9 Å². The second kappa shape index (κ2) is 6.54. The molecule has 0 bridgehead atoms. The van der Waals surface area contributed by atoms with Gasteiger partial charge in [-0.15, -0.1) is 0 Å². The number of benzene rings is 1. The number of hydrogen-bond donors (Lipinski definition) is 3. The number of aliphatic hydroxyl groups is 1. The van der Waals surface area contributed by atoms with Crippen LogP contribution in [0.2, 0.25) is 0 Å². The average Bonchev–Trinajstić information content (AvgIpc) is 2.20. The van der Waals surface area contributed by atoms with E-state index in [1.54, 1.807) is 0 Å². The van der Waals surface area contributed by atoms with Gasteiger partial charge in [0.15, 0.2) is 0 Å². The Hall–Kier alpha value is -0.900. The van der Waals surface area contributed by atoms with Gasteiger partial charge >= 0.3 is 0 Å². The number of hydrogen-bond acceptors (Lipinski definition) is 3. The maximum Gasteiger partial charge on any atom is 0.0788 e. The molecule has 1 atom stereocenters. The number of rotatable bonds is 6. The van der Waals surface area contributed by atoms with Gasteiger partial charge in [0.1, 0.15) is 0 Å². The van der Waals surface area contributed by atoms with Crippen LogP contribution in [0.15, 0.2) is 30.3 Å². The molecule has 0 fully saturated rings. The maximum absolute atomic E-state index is 9.40. The van der Waals surface area contributed by atoms with Crippen LogP contribution in [0.1, 0.15) is 5.56 Å². The van der Waals surface area contributed by atoms with Gasteiger partial charge < -0.3 is 15.7 Å². The Balaban J connectivity index is 2.16. The van der Waals surface area contributed by atoms with Crippen molar-refractivity contribution in [1.82, 2.24) is 10.6 Å². The van der Waals surface area contributed by atoms with E-state index in [0.29, 0.717) is 13.1 Å². The lowest BCUT2D eigenvalue weighted by atomic mass is 10.2. The summed E-state index contributed by atoms with van der Waals surface area (Å²) in [6.45, 7) is 2.05. The zero-order valence-corrected chi connectivity index (χ0v) is 8.53. The van der Waals surface area contributed by atoms with E-state index < -0.39 is 0 Å². The Morgan fingerprint density at radius 1 is 1.21 bits per heavy atom. The van der Waals surface area contributed by atoms with E-state index in [2.05, 4.69) is 22.8 Å². The summed E-state index contributed by atoms with van der Waals surface area (Å²) in [5, 5.41) is 15.5. The van der Waals surface area contributed by atoms with Crippen molar-refractivity contribution in [2.45, 2.75) is 12.6 Å². The third-order valence-corrected chi connectivity index (χ3v) is 1.99. The van der Waals surface area contributed by atoms with E-state index in [4.69, 9.17) is 0 Å². The summed E-state index contributed by atoms with van der Waals surface area (Å²) < 4.78 is 0. The van der Waals surface area contributed by atoms with Crippen LogP contribution in [0.25, 0.3) is 0 Å². The van der Waals surface area contributed by atoms with Crippen molar-refractivity contribution in [2.24, 2.45) is 0 Å². The van der Waals surface area contributed by atoms with E-state index in [0.717, 1.165) is 6.54 Å². The Kier molecular flexibility index (Phi) is 5.22. The van der Waals surface area contributed by atoms with Crippen LogP contribution >= 0.6 is 0 Å². The van der Waals surface area contributed by atoms with Crippen LogP contribution in [0.5, 0.6) is 0 Å². The van der Waals surface area contributed by atoms with Crippen molar-refractivity contribution in [3.8, 4) is 0 Å². The first kappa shape index (κ1) is 11.2. The average molecular weight is 194 g/mol. The molecule has 0 saturated heterocycles. The minimum Gasteiger partial charge on any atom is -0.390 e. The largest absolute Gasteiger partial charge is 0.390 e. The van der Waals surface area contributed by atoms with Crippen LogP contribution in [0, 0.1) is 0 Å². The normalized spacial score (nSPS) is 12.7. The lowest BCUT2D eigenvalue weighted by Crippen LogP contribution is -2.33. The summed E-state index contributed by atoms with van der Waals surface area (Å²) in [5.74, 6) is 0. The van der Waals surface area contributed by atoms with Gasteiger partial charge in [-0.3, -0.25) is 0 Å². The minimum absolute atomic E-state index is 0.316. The fourth-order valence-corrected chi connectivity index (χ4v) is 1.29. The maximum atomic E-state index is 9.40. The van der Waals surface area contributed by atoms with Gasteiger partial charge in [-0.05, 0) is 12.6 Å². The molecule has 3 heteroatoms. The molecule has 0 spiro atoms. The third-order valence-electron chi connectivity index (χ3n) is 1.99. The lowest BCUT2D eigenvalue weighted by Gasteiger charge is -2.10. The number of likely N-dealkylation sites (N-methyl/N-ethyl adjacent to an activating group) is 1. The van der Waals surface area contributed by atoms with E-state index >= 15 is 0 Å². The molecule has 0 amide bonds. The Bertz CT molecular complexity index is 238. The molecular formula is C11H18N2O. The van der Waals surface area contributed by atoms with Crippen molar-refractivity contribution in [2.75, 3.05) is 20.1 Å². The predicted molar refractivity (Wildman–Crippen MR) is 58.1 cm³/mol. The first-order valence-corrected chi connectivity index (χ1v) is 4.90. The summed E-state index contributed by atoms with van der Waals surface area (Å²) in [6.07, 6.45) is -0.316. The molecule has 0 aromatic heterocycles. The van der Waals surface area contributed by atoms with Gasteiger partial charge in [-0.25, -0.2) is 0 Å². The van der Waals surface area contributed by atoms with Crippen LogP contribution in [-0.2, 0) is 6.54 Å². The summed E-state index contributed by atoms with van der Waals surface area (Å²) in [4.78, 5) is 0. The predicted octanol–water partition coefficient (Wildman–Crippen LogP) is 0.356. The molecule has 0 aliphatic carbocycles. The second-order valence-corrected chi connectivity index (χ2v) is 3.33. The summed E-state index contributed by atoms with van der Waals surface area (Å²) in [5.41, 5.74) is 1.24. The highest BCUT2D eigenvalue weighted by atomic mass is 16.3. The second-order valence-electron chi connectivity index (χ2n) is 3.33. The van der Waals surface area contributed by atoms with E-state index in [-0.39, 0.29) is 6.10 Å². The van der Waals surface area contributed by atoms with Crippen LogP contribution in [0.3, 0.4) is 0 Å². The molecule has 1 aromatic carbocycles. The first-order chi connectivity index (χ1) is 6.83. The van der Waals surface area contributed by atoms with Gasteiger partial charge in [0.2, 0.25) is 0 Å². The summed E-state index contributed by atoms with van der Waals surface area (Å²) in [7, 11) is 1.83. The van der Waals surface area contributed by atoms with E-state index in [1.165, 1.54) is 5.56 Å².